The molecule has 1 aliphatic rings. The molecule has 1 aliphatic heterocycles. The van der Waals surface area contributed by atoms with Crippen LogP contribution < -0.4 is 21.3 Å². The first kappa shape index (κ1) is 48.8. The Labute approximate surface area is 319 Å². The lowest BCUT2D eigenvalue weighted by Crippen LogP contribution is -2.51. The van der Waals surface area contributed by atoms with Crippen LogP contribution in [0.25, 0.3) is 0 Å². The molecule has 0 saturated carbocycles. The van der Waals surface area contributed by atoms with E-state index in [2.05, 4.69) is 54.2 Å². The number of alkyl carbamates (subject to hydrolysis) is 1. The maximum Gasteiger partial charge on any atom is 0.408 e. The number of amides is 4. The van der Waals surface area contributed by atoms with Gasteiger partial charge < -0.3 is 30.7 Å². The summed E-state index contributed by atoms with van der Waals surface area (Å²) in [6, 6.07) is 19.1. The standard InChI is InChI=1S/C21H34N2O3.C12H20N2O4.C7H8.C2H6/c1-7-15(2)16(3)22-19(24)18(23-20(25)26-21(4,5)6)14-13-17-11-9-8-10-12-17;1-8(2)4-9(11(17)12(3)6-18-12)14-10(16)5-13-7-15;1-7-5-3-2-4-6-7;1-2/h8-12,15-16,18H,7,13-14H2,1-6H3,(H,22,24)(H,23,25);7-9H,4-6H2,1-3H3,(H,13,15)(H,14,16);2-6H,1H3;1-2H3/t15?,16?,18-;;;/m0.../s1. The van der Waals surface area contributed by atoms with Gasteiger partial charge in [-0.15, -0.1) is 0 Å². The predicted molar refractivity (Wildman–Crippen MR) is 212 cm³/mol. The van der Waals surface area contributed by atoms with Crippen molar-refractivity contribution in [3.63, 3.8) is 0 Å². The zero-order chi connectivity index (χ0) is 40.6. The third-order valence-electron chi connectivity index (χ3n) is 8.18. The Hall–Kier alpha value is -4.25. The molecule has 1 fully saturated rings. The van der Waals surface area contributed by atoms with Gasteiger partial charge in [-0.25, -0.2) is 4.79 Å². The van der Waals surface area contributed by atoms with Crippen LogP contribution in [0.4, 0.5) is 4.79 Å². The average molecular weight is 741 g/mol. The number of aryl methyl sites for hydroxylation is 2. The molecule has 1 saturated heterocycles. The molecule has 4 N–H and O–H groups in total. The Morgan fingerprint density at radius 3 is 1.87 bits per heavy atom. The molecule has 4 amide bonds. The Kier molecular flexibility index (Phi) is 23.6. The van der Waals surface area contributed by atoms with Crippen molar-refractivity contribution in [3.8, 4) is 0 Å². The highest BCUT2D eigenvalue weighted by atomic mass is 16.6. The molecule has 0 aromatic heterocycles. The number of benzene rings is 2. The highest BCUT2D eigenvalue weighted by Gasteiger charge is 2.50. The van der Waals surface area contributed by atoms with Crippen molar-refractivity contribution in [2.75, 3.05) is 13.2 Å². The molecule has 2 aromatic carbocycles. The van der Waals surface area contributed by atoms with Crippen molar-refractivity contribution in [3.05, 3.63) is 71.8 Å². The van der Waals surface area contributed by atoms with Crippen LogP contribution in [0.3, 0.4) is 0 Å². The molecule has 11 heteroatoms. The van der Waals surface area contributed by atoms with Crippen molar-refractivity contribution >= 4 is 30.1 Å². The van der Waals surface area contributed by atoms with E-state index >= 15 is 0 Å². The summed E-state index contributed by atoms with van der Waals surface area (Å²) in [6.45, 7) is 23.6. The third kappa shape index (κ3) is 22.4. The first-order valence-electron chi connectivity index (χ1n) is 18.9. The molecule has 0 aliphatic carbocycles. The SMILES string of the molecule is CC.CC(C)CC(NC(=O)CNC=O)C(=O)C1(C)CO1.CCC(C)C(C)NC(=O)[C@H](CCc1ccccc1)NC(=O)OC(C)(C)C.Cc1ccccc1. The molecule has 0 spiro atoms. The molecule has 53 heavy (non-hydrogen) atoms. The van der Waals surface area contributed by atoms with Gasteiger partial charge in [0.15, 0.2) is 5.78 Å². The fraction of sp³-hybridized carbons (Fsp3) is 0.595. The topological polar surface area (TPSA) is 155 Å². The van der Waals surface area contributed by atoms with E-state index in [0.717, 1.165) is 12.0 Å². The summed E-state index contributed by atoms with van der Waals surface area (Å²) in [5.41, 5.74) is 1.10. The summed E-state index contributed by atoms with van der Waals surface area (Å²) in [4.78, 5) is 58.6. The van der Waals surface area contributed by atoms with Crippen molar-refractivity contribution in [1.29, 1.82) is 0 Å². The third-order valence-corrected chi connectivity index (χ3v) is 8.18. The van der Waals surface area contributed by atoms with E-state index < -0.39 is 29.4 Å². The van der Waals surface area contributed by atoms with Gasteiger partial charge >= 0.3 is 6.09 Å². The van der Waals surface area contributed by atoms with Gasteiger partial charge in [-0.1, -0.05) is 114 Å². The van der Waals surface area contributed by atoms with Crippen LogP contribution in [0.1, 0.15) is 107 Å². The van der Waals surface area contributed by atoms with E-state index in [1.165, 1.54) is 5.56 Å². The van der Waals surface area contributed by atoms with E-state index in [1.807, 2.05) is 83.1 Å². The minimum atomic E-state index is -0.745. The van der Waals surface area contributed by atoms with Gasteiger partial charge in [0.25, 0.3) is 0 Å². The Morgan fingerprint density at radius 2 is 1.43 bits per heavy atom. The first-order chi connectivity index (χ1) is 24.9. The average Bonchev–Trinajstić information content (AvgIpc) is 3.87. The number of rotatable bonds is 16. The maximum atomic E-state index is 12.7. The smallest absolute Gasteiger partial charge is 0.408 e. The molecule has 2 aromatic rings. The highest BCUT2D eigenvalue weighted by molar-refractivity contribution is 5.96. The van der Waals surface area contributed by atoms with Crippen LogP contribution in [-0.2, 0) is 35.1 Å². The lowest BCUT2D eigenvalue weighted by molar-refractivity contribution is -0.130. The fourth-order valence-electron chi connectivity index (χ4n) is 4.73. The van der Waals surface area contributed by atoms with Crippen LogP contribution >= 0.6 is 0 Å². The number of nitrogens with one attached hydrogen (secondary N) is 4. The zero-order valence-corrected chi connectivity index (χ0v) is 34.3. The molecule has 11 nitrogen and oxygen atoms in total. The number of carbonyl (C=O) groups excluding carboxylic acids is 5. The quantitative estimate of drug-likeness (QED) is 0.110. The molecule has 0 bridgehead atoms. The second-order valence-corrected chi connectivity index (χ2v) is 14.7. The van der Waals surface area contributed by atoms with Gasteiger partial charge in [-0.2, -0.15) is 0 Å². The number of hydrogen-bond donors (Lipinski definition) is 4. The molecule has 5 atom stereocenters. The lowest BCUT2D eigenvalue weighted by Gasteiger charge is -2.26. The Bertz CT molecular complexity index is 1340. The van der Waals surface area contributed by atoms with Crippen molar-refractivity contribution in [1.82, 2.24) is 21.3 Å². The van der Waals surface area contributed by atoms with Crippen molar-refractivity contribution < 1.29 is 33.4 Å². The number of epoxide rings is 1. The van der Waals surface area contributed by atoms with E-state index in [-0.39, 0.29) is 36.1 Å². The van der Waals surface area contributed by atoms with E-state index in [1.54, 1.807) is 27.7 Å². The summed E-state index contributed by atoms with van der Waals surface area (Å²) >= 11 is 0. The van der Waals surface area contributed by atoms with Crippen LogP contribution in [0.5, 0.6) is 0 Å². The van der Waals surface area contributed by atoms with E-state index in [9.17, 15) is 24.0 Å². The Balaban J connectivity index is 0.000000857. The number of ketones is 1. The first-order valence-corrected chi connectivity index (χ1v) is 18.9. The van der Waals surface area contributed by atoms with Gasteiger partial charge in [0.1, 0.15) is 17.2 Å². The minimum Gasteiger partial charge on any atom is -0.444 e. The van der Waals surface area contributed by atoms with E-state index in [4.69, 9.17) is 9.47 Å². The monoisotopic (exact) mass is 741 g/mol. The Morgan fingerprint density at radius 1 is 0.887 bits per heavy atom. The summed E-state index contributed by atoms with van der Waals surface area (Å²) in [5, 5.41) is 10.7. The molecule has 4 unspecified atom stereocenters. The maximum absolute atomic E-state index is 12.7. The van der Waals surface area contributed by atoms with E-state index in [0.29, 0.717) is 38.2 Å². The van der Waals surface area contributed by atoms with Crippen LogP contribution in [0.15, 0.2) is 60.7 Å². The molecule has 0 radical (unpaired) electrons. The number of ether oxygens (including phenoxy) is 2. The highest BCUT2D eigenvalue weighted by Crippen LogP contribution is 2.29. The van der Waals surface area contributed by atoms with Gasteiger partial charge in [0, 0.05) is 6.04 Å². The molecule has 1 heterocycles. The van der Waals surface area contributed by atoms with Gasteiger partial charge in [0.05, 0.1) is 19.2 Å². The molecule has 3 rings (SSSR count). The molecular weight excluding hydrogens is 672 g/mol. The number of carbonyl (C=O) groups is 5. The molecular formula is C42H68N4O7. The normalized spacial score (nSPS) is 16.5. The molecule has 298 valence electrons. The zero-order valence-electron chi connectivity index (χ0n) is 34.3. The fourth-order valence-corrected chi connectivity index (χ4v) is 4.73. The van der Waals surface area contributed by atoms with Crippen LogP contribution in [0, 0.1) is 18.8 Å². The van der Waals surface area contributed by atoms with Crippen LogP contribution in [0.2, 0.25) is 0 Å². The van der Waals surface area contributed by atoms with Crippen molar-refractivity contribution in [2.24, 2.45) is 11.8 Å². The van der Waals surface area contributed by atoms with Gasteiger partial charge in [0.2, 0.25) is 18.2 Å². The second-order valence-electron chi connectivity index (χ2n) is 14.7. The summed E-state index contributed by atoms with van der Waals surface area (Å²) < 4.78 is 10.4. The minimum absolute atomic E-state index is 0.0483. The van der Waals surface area contributed by atoms with Crippen LogP contribution in [-0.4, -0.2) is 72.6 Å². The summed E-state index contributed by atoms with van der Waals surface area (Å²) in [6.07, 6.45) is 2.64. The van der Waals surface area contributed by atoms with Gasteiger partial charge in [-0.3, -0.25) is 19.2 Å². The second kappa shape index (κ2) is 25.7. The largest absolute Gasteiger partial charge is 0.444 e. The van der Waals surface area contributed by atoms with Gasteiger partial charge in [-0.05, 0) is 78.2 Å². The predicted octanol–water partition coefficient (Wildman–Crippen LogP) is 6.71. The number of Topliss-reactive ketones (excluding diaryl/α,β-unsaturated/α-hetero) is 1. The summed E-state index contributed by atoms with van der Waals surface area (Å²) in [5.74, 6) is 0.0106. The van der Waals surface area contributed by atoms with Crippen molar-refractivity contribution in [2.45, 2.75) is 138 Å². The lowest BCUT2D eigenvalue weighted by atomic mass is 9.93. The summed E-state index contributed by atoms with van der Waals surface area (Å²) in [7, 11) is 0. The number of hydrogen-bond acceptors (Lipinski definition) is 7.